The van der Waals surface area contributed by atoms with E-state index in [0.717, 1.165) is 32.5 Å². The smallest absolute Gasteiger partial charge is 0.358 e. The quantitative estimate of drug-likeness (QED) is 0.807. The van der Waals surface area contributed by atoms with Crippen LogP contribution in [0.4, 0.5) is 0 Å². The molecule has 1 aromatic heterocycles. The number of amides is 1. The summed E-state index contributed by atoms with van der Waals surface area (Å²) in [6.07, 6.45) is 3.28. The van der Waals surface area contributed by atoms with Crippen LogP contribution in [0.3, 0.4) is 0 Å². The van der Waals surface area contributed by atoms with Gasteiger partial charge in [-0.3, -0.25) is 4.79 Å². The van der Waals surface area contributed by atoms with Gasteiger partial charge in [-0.1, -0.05) is 5.21 Å². The van der Waals surface area contributed by atoms with Gasteiger partial charge in [-0.15, -0.1) is 5.10 Å². The number of aromatic nitrogens is 3. The summed E-state index contributed by atoms with van der Waals surface area (Å²) < 4.78 is 1.28. The second-order valence-corrected chi connectivity index (χ2v) is 5.69. The molecule has 0 spiro atoms. The molecule has 0 aromatic carbocycles. The van der Waals surface area contributed by atoms with Crippen LogP contribution in [0.25, 0.3) is 0 Å². The topological polar surface area (TPSA) is 91.6 Å². The molecular weight excluding hydrogens is 274 g/mol. The van der Waals surface area contributed by atoms with Crippen LogP contribution < -0.4 is 0 Å². The van der Waals surface area contributed by atoms with E-state index in [2.05, 4.69) is 29.3 Å². The lowest BCUT2D eigenvalue weighted by molar-refractivity contribution is -0.133. The van der Waals surface area contributed by atoms with E-state index in [9.17, 15) is 9.59 Å². The zero-order chi connectivity index (χ0) is 15.4. The van der Waals surface area contributed by atoms with E-state index in [1.54, 1.807) is 0 Å². The van der Waals surface area contributed by atoms with Crippen molar-refractivity contribution in [1.29, 1.82) is 0 Å². The van der Waals surface area contributed by atoms with Gasteiger partial charge < -0.3 is 14.9 Å². The molecule has 1 aliphatic rings. The maximum absolute atomic E-state index is 12.2. The summed E-state index contributed by atoms with van der Waals surface area (Å²) in [5, 5.41) is 15.9. The van der Waals surface area contributed by atoms with E-state index < -0.39 is 5.97 Å². The monoisotopic (exact) mass is 295 g/mol. The van der Waals surface area contributed by atoms with Crippen LogP contribution in [0.2, 0.25) is 0 Å². The van der Waals surface area contributed by atoms with Crippen molar-refractivity contribution >= 4 is 11.9 Å². The van der Waals surface area contributed by atoms with Crippen molar-refractivity contribution in [2.24, 2.45) is 5.92 Å². The zero-order valence-corrected chi connectivity index (χ0v) is 12.4. The highest BCUT2D eigenvalue weighted by molar-refractivity contribution is 5.84. The van der Waals surface area contributed by atoms with Gasteiger partial charge in [-0.25, -0.2) is 9.48 Å². The highest BCUT2D eigenvalue weighted by Gasteiger charge is 2.23. The number of likely N-dealkylation sites (tertiary alicyclic amines) is 1. The average Bonchev–Trinajstić information content (AvgIpc) is 2.87. The van der Waals surface area contributed by atoms with Gasteiger partial charge in [0.2, 0.25) is 5.91 Å². The van der Waals surface area contributed by atoms with Gasteiger partial charge in [0.15, 0.2) is 5.69 Å². The highest BCUT2D eigenvalue weighted by Crippen LogP contribution is 2.18. The molecule has 21 heavy (non-hydrogen) atoms. The first-order valence-corrected chi connectivity index (χ1v) is 7.01. The molecule has 1 N–H and O–H groups in total. The molecular formula is C13H21N5O3. The van der Waals surface area contributed by atoms with Gasteiger partial charge in [0.1, 0.15) is 6.54 Å². The van der Waals surface area contributed by atoms with Gasteiger partial charge in [0.25, 0.3) is 0 Å². The standard InChI is InChI=1S/C13H21N5O3/c1-16(2)7-10-3-5-17(6-4-10)12(19)9-18-8-11(13(20)21)14-15-18/h8,10H,3-7,9H2,1-2H3,(H,20,21). The number of carboxylic acids is 1. The summed E-state index contributed by atoms with van der Waals surface area (Å²) in [7, 11) is 4.12. The van der Waals surface area contributed by atoms with Crippen molar-refractivity contribution in [1.82, 2.24) is 24.8 Å². The van der Waals surface area contributed by atoms with Crippen LogP contribution in [0.5, 0.6) is 0 Å². The fourth-order valence-corrected chi connectivity index (χ4v) is 2.59. The molecule has 0 atom stereocenters. The van der Waals surface area contributed by atoms with Crippen molar-refractivity contribution in [3.05, 3.63) is 11.9 Å². The molecule has 0 aliphatic carbocycles. The Bertz CT molecular complexity index is 506. The second-order valence-electron chi connectivity index (χ2n) is 5.69. The van der Waals surface area contributed by atoms with Crippen LogP contribution in [0.15, 0.2) is 6.20 Å². The van der Waals surface area contributed by atoms with Crippen LogP contribution in [0, 0.1) is 5.92 Å². The van der Waals surface area contributed by atoms with Crippen LogP contribution >= 0.6 is 0 Å². The molecule has 1 aliphatic heterocycles. The van der Waals surface area contributed by atoms with E-state index in [-0.39, 0.29) is 18.1 Å². The Morgan fingerprint density at radius 3 is 2.57 bits per heavy atom. The van der Waals surface area contributed by atoms with Gasteiger partial charge in [-0.05, 0) is 32.9 Å². The molecule has 2 heterocycles. The summed E-state index contributed by atoms with van der Waals surface area (Å²) in [6.45, 7) is 2.58. The van der Waals surface area contributed by atoms with E-state index in [1.807, 2.05) is 4.90 Å². The van der Waals surface area contributed by atoms with E-state index in [1.165, 1.54) is 10.9 Å². The maximum Gasteiger partial charge on any atom is 0.358 e. The fourth-order valence-electron chi connectivity index (χ4n) is 2.59. The van der Waals surface area contributed by atoms with Crippen LogP contribution in [-0.4, -0.2) is 75.5 Å². The van der Waals surface area contributed by atoms with Crippen LogP contribution in [-0.2, 0) is 11.3 Å². The molecule has 1 saturated heterocycles. The lowest BCUT2D eigenvalue weighted by atomic mass is 9.96. The molecule has 0 saturated carbocycles. The van der Waals surface area contributed by atoms with E-state index in [4.69, 9.17) is 5.11 Å². The number of carboxylic acid groups (broad SMARTS) is 1. The third kappa shape index (κ3) is 4.25. The van der Waals surface area contributed by atoms with Gasteiger partial charge in [0.05, 0.1) is 6.20 Å². The van der Waals surface area contributed by atoms with Crippen molar-refractivity contribution in [3.8, 4) is 0 Å². The predicted molar refractivity (Wildman–Crippen MR) is 74.8 cm³/mol. The third-order valence-corrected chi connectivity index (χ3v) is 3.65. The van der Waals surface area contributed by atoms with Crippen LogP contribution in [0.1, 0.15) is 23.3 Å². The third-order valence-electron chi connectivity index (χ3n) is 3.65. The molecule has 8 nitrogen and oxygen atoms in total. The number of piperidine rings is 1. The molecule has 1 fully saturated rings. The number of hydrogen-bond donors (Lipinski definition) is 1. The number of carbonyl (C=O) groups excluding carboxylic acids is 1. The predicted octanol–water partition coefficient (Wildman–Crippen LogP) is -0.223. The normalized spacial score (nSPS) is 16.4. The number of hydrogen-bond acceptors (Lipinski definition) is 5. The lowest BCUT2D eigenvalue weighted by Gasteiger charge is -2.33. The molecule has 1 amide bonds. The summed E-state index contributed by atoms with van der Waals surface area (Å²) in [4.78, 5) is 26.9. The molecule has 2 rings (SSSR count). The van der Waals surface area contributed by atoms with Crippen molar-refractivity contribution in [3.63, 3.8) is 0 Å². The van der Waals surface area contributed by atoms with Gasteiger partial charge in [0, 0.05) is 19.6 Å². The van der Waals surface area contributed by atoms with E-state index in [0.29, 0.717) is 5.92 Å². The first-order valence-electron chi connectivity index (χ1n) is 7.01. The second kappa shape index (κ2) is 6.66. The Morgan fingerprint density at radius 2 is 2.05 bits per heavy atom. The largest absolute Gasteiger partial charge is 0.476 e. The minimum Gasteiger partial charge on any atom is -0.476 e. The first kappa shape index (κ1) is 15.4. The minimum atomic E-state index is -1.14. The highest BCUT2D eigenvalue weighted by atomic mass is 16.4. The number of nitrogens with zero attached hydrogens (tertiary/aromatic N) is 5. The van der Waals surface area contributed by atoms with Crippen molar-refractivity contribution in [2.45, 2.75) is 19.4 Å². The summed E-state index contributed by atoms with van der Waals surface area (Å²) in [6, 6.07) is 0. The lowest BCUT2D eigenvalue weighted by Crippen LogP contribution is -2.42. The molecule has 8 heteroatoms. The van der Waals surface area contributed by atoms with Crippen molar-refractivity contribution in [2.75, 3.05) is 33.7 Å². The Kier molecular flexibility index (Phi) is 4.89. The molecule has 0 unspecified atom stereocenters. The van der Waals surface area contributed by atoms with Crippen molar-refractivity contribution < 1.29 is 14.7 Å². The average molecular weight is 295 g/mol. The van der Waals surface area contributed by atoms with E-state index >= 15 is 0 Å². The molecule has 1 aromatic rings. The Hall–Kier alpha value is -1.96. The Balaban J connectivity index is 1.83. The number of carbonyl (C=O) groups is 2. The number of aromatic carboxylic acids is 1. The summed E-state index contributed by atoms with van der Waals surface area (Å²) in [5.74, 6) is -0.549. The van der Waals surface area contributed by atoms with Gasteiger partial charge in [-0.2, -0.15) is 0 Å². The SMILES string of the molecule is CN(C)CC1CCN(C(=O)Cn2cc(C(=O)O)nn2)CC1. The molecule has 116 valence electrons. The summed E-state index contributed by atoms with van der Waals surface area (Å²) in [5.41, 5.74) is -0.146. The first-order chi connectivity index (χ1) is 9.95. The minimum absolute atomic E-state index is 0.0403. The summed E-state index contributed by atoms with van der Waals surface area (Å²) >= 11 is 0. The Morgan fingerprint density at radius 1 is 1.38 bits per heavy atom. The van der Waals surface area contributed by atoms with Gasteiger partial charge >= 0.3 is 5.97 Å². The molecule has 0 radical (unpaired) electrons. The zero-order valence-electron chi connectivity index (χ0n) is 12.4. The number of rotatable bonds is 5. The maximum atomic E-state index is 12.2. The molecule has 0 bridgehead atoms. The fraction of sp³-hybridized carbons (Fsp3) is 0.692. The Labute approximate surface area is 123 Å².